The standard InChI is InChI=1S/C14H18N2O8/c1-7(18)15-11-13(20)12(19)10(6-17)24-14(11)23-9-5-3-2-4-8(9)16(21)22/h2-5,10-14,17,19-20H,6H2,1H3,(H,15,18)/t10-,11-,12-,13+,14-/m1/s1. The Morgan fingerprint density at radius 1 is 1.38 bits per heavy atom. The number of hydrogen-bond donors (Lipinski definition) is 4. The molecule has 5 atom stereocenters. The molecule has 1 aromatic rings. The Kier molecular flexibility index (Phi) is 5.67. The molecule has 10 heteroatoms. The first-order chi connectivity index (χ1) is 11.3. The Hall–Kier alpha value is -2.27. The van der Waals surface area contributed by atoms with Crippen LogP contribution in [0.2, 0.25) is 0 Å². The molecule has 0 unspecified atom stereocenters. The van der Waals surface area contributed by atoms with E-state index in [2.05, 4.69) is 5.32 Å². The number of para-hydroxylation sites is 2. The lowest BCUT2D eigenvalue weighted by atomic mass is 9.97. The van der Waals surface area contributed by atoms with E-state index in [0.29, 0.717) is 0 Å². The number of aliphatic hydroxyl groups is 3. The normalized spacial score (nSPS) is 29.8. The number of aliphatic hydroxyl groups excluding tert-OH is 3. The van der Waals surface area contributed by atoms with Crippen molar-refractivity contribution in [2.45, 2.75) is 37.6 Å². The molecular weight excluding hydrogens is 324 g/mol. The van der Waals surface area contributed by atoms with Gasteiger partial charge in [0.15, 0.2) is 5.75 Å². The van der Waals surface area contributed by atoms with Crippen molar-refractivity contribution >= 4 is 11.6 Å². The SMILES string of the molecule is CC(=O)N[C@H]1[C@H](Oc2ccccc2[N+](=O)[O-])O[C@H](CO)[C@@H](O)[C@H]1O. The van der Waals surface area contributed by atoms with Gasteiger partial charge in [-0.1, -0.05) is 12.1 Å². The molecule has 1 aliphatic rings. The van der Waals surface area contributed by atoms with Gasteiger partial charge in [-0.25, -0.2) is 0 Å². The second kappa shape index (κ2) is 7.53. The average Bonchev–Trinajstić information content (AvgIpc) is 2.54. The predicted octanol–water partition coefficient (Wildman–Crippen LogP) is -1.08. The molecule has 0 spiro atoms. The fourth-order valence-electron chi connectivity index (χ4n) is 2.40. The van der Waals surface area contributed by atoms with Crippen LogP contribution in [-0.4, -0.2) is 63.4 Å². The topological polar surface area (TPSA) is 151 Å². The van der Waals surface area contributed by atoms with E-state index in [-0.39, 0.29) is 11.4 Å². The van der Waals surface area contributed by atoms with Gasteiger partial charge < -0.3 is 30.1 Å². The Balaban J connectivity index is 2.30. The van der Waals surface area contributed by atoms with E-state index < -0.39 is 48.1 Å². The van der Waals surface area contributed by atoms with Crippen LogP contribution in [0.4, 0.5) is 5.69 Å². The van der Waals surface area contributed by atoms with Crippen molar-refractivity contribution in [3.8, 4) is 5.75 Å². The number of hydrogen-bond acceptors (Lipinski definition) is 8. The zero-order valence-electron chi connectivity index (χ0n) is 12.7. The summed E-state index contributed by atoms with van der Waals surface area (Å²) in [7, 11) is 0. The van der Waals surface area contributed by atoms with Gasteiger partial charge in [0, 0.05) is 13.0 Å². The number of ether oxygens (including phenoxy) is 2. The van der Waals surface area contributed by atoms with Crippen LogP contribution >= 0.6 is 0 Å². The Morgan fingerprint density at radius 2 is 2.04 bits per heavy atom. The van der Waals surface area contributed by atoms with Crippen molar-refractivity contribution < 1.29 is 34.5 Å². The molecule has 2 rings (SSSR count). The van der Waals surface area contributed by atoms with Crippen molar-refractivity contribution in [3.63, 3.8) is 0 Å². The van der Waals surface area contributed by atoms with Crippen LogP contribution in [0.1, 0.15) is 6.92 Å². The van der Waals surface area contributed by atoms with E-state index in [1.54, 1.807) is 0 Å². The first kappa shape index (κ1) is 18.1. The Morgan fingerprint density at radius 3 is 2.62 bits per heavy atom. The number of carbonyl (C=O) groups is 1. The van der Waals surface area contributed by atoms with Crippen LogP contribution in [-0.2, 0) is 9.53 Å². The average molecular weight is 342 g/mol. The summed E-state index contributed by atoms with van der Waals surface area (Å²) in [5.41, 5.74) is -0.330. The third-order valence-corrected chi connectivity index (χ3v) is 3.56. The minimum atomic E-state index is -1.49. The van der Waals surface area contributed by atoms with Gasteiger partial charge in [-0.3, -0.25) is 14.9 Å². The van der Waals surface area contributed by atoms with Gasteiger partial charge in [0.1, 0.15) is 24.4 Å². The predicted molar refractivity (Wildman–Crippen MR) is 79.1 cm³/mol. The fraction of sp³-hybridized carbons (Fsp3) is 0.500. The molecule has 1 aliphatic heterocycles. The van der Waals surface area contributed by atoms with Crippen LogP contribution < -0.4 is 10.1 Å². The molecule has 132 valence electrons. The zero-order valence-corrected chi connectivity index (χ0v) is 12.7. The summed E-state index contributed by atoms with van der Waals surface area (Å²) >= 11 is 0. The highest BCUT2D eigenvalue weighted by Crippen LogP contribution is 2.30. The molecule has 0 saturated carbocycles. The summed E-state index contributed by atoms with van der Waals surface area (Å²) < 4.78 is 10.8. The molecule has 1 amide bonds. The molecule has 0 bridgehead atoms. The Labute approximate surface area is 136 Å². The van der Waals surface area contributed by atoms with E-state index >= 15 is 0 Å². The summed E-state index contributed by atoms with van der Waals surface area (Å²) in [6, 6.07) is 4.33. The van der Waals surface area contributed by atoms with Crippen molar-refractivity contribution in [2.75, 3.05) is 6.61 Å². The van der Waals surface area contributed by atoms with Gasteiger partial charge in [-0.15, -0.1) is 0 Å². The molecule has 10 nitrogen and oxygen atoms in total. The lowest BCUT2D eigenvalue weighted by molar-refractivity contribution is -0.386. The number of nitro benzene ring substituents is 1. The van der Waals surface area contributed by atoms with Gasteiger partial charge >= 0.3 is 5.69 Å². The number of nitro groups is 1. The number of amides is 1. The van der Waals surface area contributed by atoms with Gasteiger partial charge in [0.25, 0.3) is 0 Å². The van der Waals surface area contributed by atoms with Gasteiger partial charge in [-0.2, -0.15) is 0 Å². The molecular formula is C14H18N2O8. The van der Waals surface area contributed by atoms with E-state index in [0.717, 1.165) is 0 Å². The molecule has 1 aromatic carbocycles. The fourth-order valence-corrected chi connectivity index (χ4v) is 2.40. The largest absolute Gasteiger partial charge is 0.455 e. The maximum Gasteiger partial charge on any atom is 0.311 e. The molecule has 0 aliphatic carbocycles. The molecule has 1 fully saturated rings. The molecule has 1 heterocycles. The lowest BCUT2D eigenvalue weighted by Crippen LogP contribution is -2.65. The van der Waals surface area contributed by atoms with Crippen molar-refractivity contribution in [1.82, 2.24) is 5.32 Å². The van der Waals surface area contributed by atoms with Crippen LogP contribution in [0, 0.1) is 10.1 Å². The van der Waals surface area contributed by atoms with Gasteiger partial charge in [0.05, 0.1) is 11.5 Å². The van der Waals surface area contributed by atoms with E-state index in [1.165, 1.54) is 31.2 Å². The minimum Gasteiger partial charge on any atom is -0.455 e. The molecule has 0 radical (unpaired) electrons. The van der Waals surface area contributed by atoms with Crippen LogP contribution in [0.3, 0.4) is 0 Å². The quantitative estimate of drug-likeness (QED) is 0.389. The second-order valence-electron chi connectivity index (χ2n) is 5.28. The minimum absolute atomic E-state index is 0.136. The maximum atomic E-state index is 11.3. The number of nitrogens with zero attached hydrogens (tertiary/aromatic N) is 1. The van der Waals surface area contributed by atoms with Crippen molar-refractivity contribution in [3.05, 3.63) is 34.4 Å². The highest BCUT2D eigenvalue weighted by molar-refractivity contribution is 5.73. The summed E-state index contributed by atoms with van der Waals surface area (Å²) in [5, 5.41) is 42.7. The highest BCUT2D eigenvalue weighted by atomic mass is 16.7. The van der Waals surface area contributed by atoms with Crippen LogP contribution in [0.25, 0.3) is 0 Å². The van der Waals surface area contributed by atoms with Crippen LogP contribution in [0.5, 0.6) is 5.75 Å². The Bertz CT molecular complexity index is 610. The number of benzene rings is 1. The zero-order chi connectivity index (χ0) is 17.9. The highest BCUT2D eigenvalue weighted by Gasteiger charge is 2.46. The smallest absolute Gasteiger partial charge is 0.311 e. The third kappa shape index (κ3) is 3.79. The lowest BCUT2D eigenvalue weighted by Gasteiger charge is -2.41. The second-order valence-corrected chi connectivity index (χ2v) is 5.28. The molecule has 0 aromatic heterocycles. The molecule has 4 N–H and O–H groups in total. The molecule has 24 heavy (non-hydrogen) atoms. The summed E-state index contributed by atoms with van der Waals surface area (Å²) in [4.78, 5) is 21.7. The third-order valence-electron chi connectivity index (χ3n) is 3.56. The number of carbonyl (C=O) groups excluding carboxylic acids is 1. The summed E-state index contributed by atoms with van der Waals surface area (Å²) in [6.07, 6.45) is -5.46. The first-order valence-electron chi connectivity index (χ1n) is 7.14. The number of rotatable bonds is 5. The molecule has 1 saturated heterocycles. The van der Waals surface area contributed by atoms with E-state index in [1.807, 2.05) is 0 Å². The van der Waals surface area contributed by atoms with E-state index in [4.69, 9.17) is 9.47 Å². The van der Waals surface area contributed by atoms with Crippen molar-refractivity contribution in [1.29, 1.82) is 0 Å². The monoisotopic (exact) mass is 342 g/mol. The maximum absolute atomic E-state index is 11.3. The van der Waals surface area contributed by atoms with E-state index in [9.17, 15) is 30.2 Å². The first-order valence-corrected chi connectivity index (χ1v) is 7.14. The van der Waals surface area contributed by atoms with Gasteiger partial charge in [-0.05, 0) is 6.07 Å². The summed E-state index contributed by atoms with van der Waals surface area (Å²) in [5.74, 6) is -0.656. The van der Waals surface area contributed by atoms with Crippen LogP contribution in [0.15, 0.2) is 24.3 Å². The van der Waals surface area contributed by atoms with Crippen molar-refractivity contribution in [2.24, 2.45) is 0 Å². The number of nitrogens with one attached hydrogen (secondary N) is 1. The summed E-state index contributed by atoms with van der Waals surface area (Å²) in [6.45, 7) is 0.584. The van der Waals surface area contributed by atoms with Gasteiger partial charge in [0.2, 0.25) is 12.2 Å².